The predicted molar refractivity (Wildman–Crippen MR) is 99.9 cm³/mol. The average Bonchev–Trinajstić information content (AvgIpc) is 3.34. The number of hydrogen-bond donors (Lipinski definition) is 1. The molecule has 1 fully saturated rings. The highest BCUT2D eigenvalue weighted by atomic mass is 35.5. The number of hydrogen-bond acceptors (Lipinski definition) is 4. The second-order valence-electron chi connectivity index (χ2n) is 7.09. The van der Waals surface area contributed by atoms with Crippen LogP contribution in [-0.2, 0) is 6.42 Å². The maximum atomic E-state index is 6.42. The number of amidine groups is 2. The molecule has 5 nitrogen and oxygen atoms in total. The second kappa shape index (κ2) is 5.99. The van der Waals surface area contributed by atoms with Gasteiger partial charge in [0.2, 0.25) is 5.29 Å². The molecular weight excluding hydrogens is 334 g/mol. The zero-order valence-corrected chi connectivity index (χ0v) is 14.7. The van der Waals surface area contributed by atoms with E-state index in [9.17, 15) is 0 Å². The lowest BCUT2D eigenvalue weighted by atomic mass is 10.1. The van der Waals surface area contributed by atoms with Crippen LogP contribution in [0, 0.1) is 0 Å². The van der Waals surface area contributed by atoms with Crippen LogP contribution in [0.25, 0.3) is 0 Å². The highest BCUT2D eigenvalue weighted by molar-refractivity contribution is 6.66. The molecule has 0 bridgehead atoms. The van der Waals surface area contributed by atoms with Gasteiger partial charge in [-0.1, -0.05) is 43.2 Å². The topological polar surface area (TPSA) is 56.6 Å². The van der Waals surface area contributed by atoms with Crippen molar-refractivity contribution in [3.05, 3.63) is 47.4 Å². The first-order valence-electron chi connectivity index (χ1n) is 9.01. The molecule has 0 saturated heterocycles. The van der Waals surface area contributed by atoms with Crippen molar-refractivity contribution in [1.82, 2.24) is 14.9 Å². The van der Waals surface area contributed by atoms with E-state index in [0.717, 1.165) is 30.3 Å². The third kappa shape index (κ3) is 2.67. The Balaban J connectivity index is 1.46. The number of aromatic amines is 1. The molecule has 3 heterocycles. The summed E-state index contributed by atoms with van der Waals surface area (Å²) in [6.07, 6.45) is 5.88. The smallest absolute Gasteiger partial charge is 0.206 e. The Kier molecular flexibility index (Phi) is 3.63. The SMILES string of the molecule is ClC1=Nc2nc(C3CCCC3)[nH]c2C2=N[C@H](Cc3ccccc3)CN12. The molecule has 1 saturated carbocycles. The number of rotatable bonds is 3. The van der Waals surface area contributed by atoms with Gasteiger partial charge in [-0.3, -0.25) is 9.89 Å². The summed E-state index contributed by atoms with van der Waals surface area (Å²) >= 11 is 6.42. The summed E-state index contributed by atoms with van der Waals surface area (Å²) < 4.78 is 0. The molecule has 1 aromatic carbocycles. The lowest BCUT2D eigenvalue weighted by Crippen LogP contribution is -2.35. The summed E-state index contributed by atoms with van der Waals surface area (Å²) in [5.74, 6) is 3.16. The molecule has 0 unspecified atom stereocenters. The average molecular weight is 354 g/mol. The van der Waals surface area contributed by atoms with Gasteiger partial charge in [-0.05, 0) is 36.4 Å². The normalized spacial score (nSPS) is 22.6. The number of H-pyrrole nitrogens is 1. The van der Waals surface area contributed by atoms with Crippen molar-refractivity contribution in [2.24, 2.45) is 9.98 Å². The standard InChI is InChI=1S/C19H20ClN5/c20-19-24-17-15(22-16(23-17)13-8-4-5-9-13)18-21-14(11-25(18)19)10-12-6-2-1-3-7-12/h1-3,6-7,13-14H,4-5,8-11H2,(H,22,23)/t14-/m1/s1. The van der Waals surface area contributed by atoms with Gasteiger partial charge < -0.3 is 4.98 Å². The van der Waals surface area contributed by atoms with E-state index in [1.165, 1.54) is 31.2 Å². The van der Waals surface area contributed by atoms with Crippen LogP contribution in [0.15, 0.2) is 40.3 Å². The van der Waals surface area contributed by atoms with Gasteiger partial charge in [-0.15, -0.1) is 0 Å². The Morgan fingerprint density at radius 2 is 1.96 bits per heavy atom. The zero-order valence-electron chi connectivity index (χ0n) is 14.0. The van der Waals surface area contributed by atoms with E-state index >= 15 is 0 Å². The van der Waals surface area contributed by atoms with E-state index < -0.39 is 0 Å². The second-order valence-corrected chi connectivity index (χ2v) is 7.43. The summed E-state index contributed by atoms with van der Waals surface area (Å²) in [5, 5.41) is 0.478. The van der Waals surface area contributed by atoms with Crippen LogP contribution in [0.4, 0.5) is 5.82 Å². The van der Waals surface area contributed by atoms with E-state index in [2.05, 4.69) is 34.2 Å². The van der Waals surface area contributed by atoms with Crippen molar-refractivity contribution in [3.63, 3.8) is 0 Å². The van der Waals surface area contributed by atoms with Crippen molar-refractivity contribution < 1.29 is 0 Å². The molecule has 25 heavy (non-hydrogen) atoms. The van der Waals surface area contributed by atoms with Crippen molar-refractivity contribution in [1.29, 1.82) is 0 Å². The van der Waals surface area contributed by atoms with Gasteiger partial charge in [0.05, 0.1) is 6.04 Å². The molecule has 2 aliphatic heterocycles. The molecule has 6 heteroatoms. The highest BCUT2D eigenvalue weighted by Gasteiger charge is 2.36. The molecule has 0 radical (unpaired) electrons. The molecule has 1 N–H and O–H groups in total. The molecular formula is C19H20ClN5. The summed E-state index contributed by atoms with van der Waals surface area (Å²) in [6.45, 7) is 0.768. The van der Waals surface area contributed by atoms with Crippen molar-refractivity contribution in [3.8, 4) is 0 Å². The Morgan fingerprint density at radius 1 is 1.16 bits per heavy atom. The van der Waals surface area contributed by atoms with Crippen LogP contribution < -0.4 is 0 Å². The van der Waals surface area contributed by atoms with E-state index in [1.54, 1.807) is 0 Å². The van der Waals surface area contributed by atoms with E-state index in [0.29, 0.717) is 17.0 Å². The molecule has 1 aromatic heterocycles. The number of aromatic nitrogens is 2. The maximum Gasteiger partial charge on any atom is 0.206 e. The molecule has 2 aromatic rings. The first-order valence-corrected chi connectivity index (χ1v) is 9.39. The fraction of sp³-hybridized carbons (Fsp3) is 0.421. The van der Waals surface area contributed by atoms with Crippen LogP contribution in [0.3, 0.4) is 0 Å². The minimum Gasteiger partial charge on any atom is -0.337 e. The predicted octanol–water partition coefficient (Wildman–Crippen LogP) is 3.98. The Bertz CT molecular complexity index is 848. The zero-order chi connectivity index (χ0) is 16.8. The van der Waals surface area contributed by atoms with Crippen molar-refractivity contribution >= 4 is 28.5 Å². The van der Waals surface area contributed by atoms with Crippen LogP contribution in [0.5, 0.6) is 0 Å². The molecule has 0 amide bonds. The molecule has 5 rings (SSSR count). The van der Waals surface area contributed by atoms with Gasteiger partial charge in [-0.25, -0.2) is 4.98 Å². The van der Waals surface area contributed by atoms with Crippen molar-refractivity contribution in [2.45, 2.75) is 44.1 Å². The van der Waals surface area contributed by atoms with Gasteiger partial charge in [0.25, 0.3) is 0 Å². The van der Waals surface area contributed by atoms with Gasteiger partial charge in [0.15, 0.2) is 11.7 Å². The fourth-order valence-electron chi connectivity index (χ4n) is 4.10. The molecule has 0 spiro atoms. The van der Waals surface area contributed by atoms with Gasteiger partial charge in [0.1, 0.15) is 11.5 Å². The lowest BCUT2D eigenvalue weighted by molar-refractivity contribution is 0.573. The van der Waals surface area contributed by atoms with Crippen LogP contribution >= 0.6 is 11.6 Å². The van der Waals surface area contributed by atoms with E-state index in [4.69, 9.17) is 21.6 Å². The van der Waals surface area contributed by atoms with Crippen LogP contribution in [0.2, 0.25) is 0 Å². The summed E-state index contributed by atoms with van der Waals surface area (Å²) in [5.41, 5.74) is 2.23. The van der Waals surface area contributed by atoms with E-state index in [-0.39, 0.29) is 6.04 Å². The summed E-state index contributed by atoms with van der Waals surface area (Å²) in [6, 6.07) is 10.7. The molecule has 1 atom stereocenters. The first-order chi connectivity index (χ1) is 12.3. The number of nitrogens with zero attached hydrogens (tertiary/aromatic N) is 4. The molecule has 1 aliphatic carbocycles. The quantitative estimate of drug-likeness (QED) is 0.848. The number of halogens is 1. The molecule has 3 aliphatic rings. The lowest BCUT2D eigenvalue weighted by Gasteiger charge is -2.21. The van der Waals surface area contributed by atoms with Gasteiger partial charge >= 0.3 is 0 Å². The number of fused-ring (bicyclic) bond motifs is 3. The Labute approximate surface area is 151 Å². The number of benzene rings is 1. The minimum atomic E-state index is 0.186. The third-order valence-electron chi connectivity index (χ3n) is 5.36. The number of aliphatic imine (C=N–C) groups is 2. The number of imidazole rings is 1. The van der Waals surface area contributed by atoms with Gasteiger partial charge in [0, 0.05) is 12.5 Å². The van der Waals surface area contributed by atoms with Crippen LogP contribution in [0.1, 0.15) is 48.7 Å². The third-order valence-corrected chi connectivity index (χ3v) is 5.65. The summed E-state index contributed by atoms with van der Waals surface area (Å²) in [7, 11) is 0. The summed E-state index contributed by atoms with van der Waals surface area (Å²) in [4.78, 5) is 19.7. The Morgan fingerprint density at radius 3 is 2.76 bits per heavy atom. The van der Waals surface area contributed by atoms with Crippen LogP contribution in [-0.4, -0.2) is 38.6 Å². The largest absolute Gasteiger partial charge is 0.337 e. The fourth-order valence-corrected chi connectivity index (χ4v) is 4.33. The van der Waals surface area contributed by atoms with Gasteiger partial charge in [-0.2, -0.15) is 4.99 Å². The Hall–Kier alpha value is -2.14. The highest BCUT2D eigenvalue weighted by Crippen LogP contribution is 2.36. The first kappa shape index (κ1) is 15.1. The minimum absolute atomic E-state index is 0.186. The number of nitrogens with one attached hydrogen (secondary N) is 1. The van der Waals surface area contributed by atoms with Crippen molar-refractivity contribution in [2.75, 3.05) is 6.54 Å². The monoisotopic (exact) mass is 353 g/mol. The van der Waals surface area contributed by atoms with E-state index in [1.807, 2.05) is 11.0 Å². The maximum absolute atomic E-state index is 6.42. The molecule has 128 valence electrons.